The average molecular weight is 373 g/mol. The molecule has 134 valence electrons. The average Bonchev–Trinajstić information content (AvgIpc) is 2.80. The van der Waals surface area contributed by atoms with Gasteiger partial charge in [0.2, 0.25) is 5.91 Å². The van der Waals surface area contributed by atoms with Crippen molar-refractivity contribution in [2.45, 2.75) is 11.3 Å². The third-order valence-electron chi connectivity index (χ3n) is 3.88. The lowest BCUT2D eigenvalue weighted by atomic mass is 10.1. The second-order valence-electron chi connectivity index (χ2n) is 5.51. The summed E-state index contributed by atoms with van der Waals surface area (Å²) >= 11 is 0. The van der Waals surface area contributed by atoms with Crippen LogP contribution in [-0.2, 0) is 14.8 Å². The minimum absolute atomic E-state index is 0.0383. The van der Waals surface area contributed by atoms with E-state index in [0.717, 1.165) is 0 Å². The van der Waals surface area contributed by atoms with Crippen LogP contribution in [0.3, 0.4) is 0 Å². The number of nitrogens with zero attached hydrogens (tertiary/aromatic N) is 1. The number of fused-ring (bicyclic) bond motifs is 1. The summed E-state index contributed by atoms with van der Waals surface area (Å²) in [4.78, 5) is 35.3. The fraction of sp³-hybridized carbons (Fsp3) is 0.118. The van der Waals surface area contributed by atoms with Gasteiger partial charge in [0, 0.05) is 24.2 Å². The zero-order valence-corrected chi connectivity index (χ0v) is 14.2. The number of rotatable bonds is 5. The molecule has 8 nitrogen and oxygen atoms in total. The minimum atomic E-state index is -3.99. The maximum atomic E-state index is 12.4. The molecule has 0 radical (unpaired) electrons. The van der Waals surface area contributed by atoms with E-state index >= 15 is 0 Å². The normalized spacial score (nSPS) is 14.8. The van der Waals surface area contributed by atoms with Gasteiger partial charge < -0.3 is 15.2 Å². The Morgan fingerprint density at radius 1 is 1.04 bits per heavy atom. The van der Waals surface area contributed by atoms with E-state index in [1.807, 2.05) is 0 Å². The van der Waals surface area contributed by atoms with Gasteiger partial charge in [0.15, 0.2) is 0 Å². The van der Waals surface area contributed by atoms with Crippen LogP contribution in [0.5, 0.6) is 0 Å². The van der Waals surface area contributed by atoms with E-state index < -0.39 is 27.8 Å². The number of sulfonamides is 1. The largest absolute Gasteiger partial charge is 0.545 e. The van der Waals surface area contributed by atoms with Crippen LogP contribution in [0.15, 0.2) is 53.4 Å². The van der Waals surface area contributed by atoms with Crippen molar-refractivity contribution < 1.29 is 27.9 Å². The lowest BCUT2D eigenvalue weighted by Gasteiger charge is -2.15. The molecule has 1 aliphatic heterocycles. The van der Waals surface area contributed by atoms with Crippen molar-refractivity contribution >= 4 is 33.5 Å². The molecule has 0 saturated carbocycles. The van der Waals surface area contributed by atoms with Crippen LogP contribution in [-0.4, -0.2) is 37.1 Å². The highest BCUT2D eigenvalue weighted by Gasteiger charge is 2.40. The minimum Gasteiger partial charge on any atom is -0.545 e. The second kappa shape index (κ2) is 6.60. The van der Waals surface area contributed by atoms with Gasteiger partial charge in [-0.15, -0.1) is 0 Å². The molecule has 2 aromatic carbocycles. The van der Waals surface area contributed by atoms with E-state index in [0.29, 0.717) is 4.31 Å². The van der Waals surface area contributed by atoms with Crippen LogP contribution in [0.1, 0.15) is 27.1 Å². The van der Waals surface area contributed by atoms with Gasteiger partial charge >= 0.3 is 0 Å². The molecule has 1 heterocycles. The lowest BCUT2D eigenvalue weighted by molar-refractivity contribution is -0.254. The van der Waals surface area contributed by atoms with E-state index in [1.165, 1.54) is 42.5 Å². The molecule has 9 heteroatoms. The smallest absolute Gasteiger partial charge is 0.269 e. The monoisotopic (exact) mass is 373 g/mol. The van der Waals surface area contributed by atoms with Gasteiger partial charge in [-0.05, 0) is 18.2 Å². The first-order valence-corrected chi connectivity index (χ1v) is 9.02. The second-order valence-corrected chi connectivity index (χ2v) is 7.34. The predicted octanol–water partition coefficient (Wildman–Crippen LogP) is 0.223. The number of carboxylic acid groups (broad SMARTS) is 1. The number of benzene rings is 2. The highest BCUT2D eigenvalue weighted by molar-refractivity contribution is 7.90. The third kappa shape index (κ3) is 3.04. The van der Waals surface area contributed by atoms with Crippen molar-refractivity contribution in [2.24, 2.45) is 0 Å². The Labute approximate surface area is 149 Å². The Morgan fingerprint density at radius 2 is 1.69 bits per heavy atom. The summed E-state index contributed by atoms with van der Waals surface area (Å²) in [6.45, 7) is -0.352. The highest BCUT2D eigenvalue weighted by Crippen LogP contribution is 2.29. The Balaban J connectivity index is 1.72. The van der Waals surface area contributed by atoms with Crippen LogP contribution >= 0.6 is 0 Å². The van der Waals surface area contributed by atoms with Gasteiger partial charge in [0.05, 0.1) is 11.5 Å². The predicted molar refractivity (Wildman–Crippen MR) is 88.7 cm³/mol. The maximum Gasteiger partial charge on any atom is 0.269 e. The number of nitrogens with one attached hydrogen (secondary N) is 1. The molecule has 0 atom stereocenters. The molecular weight excluding hydrogens is 360 g/mol. The van der Waals surface area contributed by atoms with Crippen molar-refractivity contribution in [3.8, 4) is 0 Å². The summed E-state index contributed by atoms with van der Waals surface area (Å²) in [6.07, 6.45) is -0.319. The fourth-order valence-electron chi connectivity index (χ4n) is 2.64. The lowest BCUT2D eigenvalue weighted by Crippen LogP contribution is -2.33. The van der Waals surface area contributed by atoms with Crippen molar-refractivity contribution in [3.05, 3.63) is 59.7 Å². The summed E-state index contributed by atoms with van der Waals surface area (Å²) in [5, 5.41) is 13.4. The summed E-state index contributed by atoms with van der Waals surface area (Å²) < 4.78 is 25.4. The number of anilines is 1. The molecular formula is C17H13N2O6S-. The first-order chi connectivity index (χ1) is 12.3. The van der Waals surface area contributed by atoms with E-state index in [9.17, 15) is 27.9 Å². The molecule has 0 unspecified atom stereocenters. The first-order valence-electron chi connectivity index (χ1n) is 7.58. The van der Waals surface area contributed by atoms with Crippen molar-refractivity contribution in [2.75, 3.05) is 11.9 Å². The Morgan fingerprint density at radius 3 is 2.38 bits per heavy atom. The quantitative estimate of drug-likeness (QED) is 0.800. The van der Waals surface area contributed by atoms with E-state index in [1.54, 1.807) is 6.07 Å². The van der Waals surface area contributed by atoms with Gasteiger partial charge in [-0.1, -0.05) is 30.3 Å². The number of carboxylic acids is 1. The van der Waals surface area contributed by atoms with E-state index in [-0.39, 0.29) is 34.7 Å². The number of aromatic carboxylic acids is 1. The molecule has 0 aromatic heterocycles. The van der Waals surface area contributed by atoms with E-state index in [4.69, 9.17) is 0 Å². The van der Waals surface area contributed by atoms with Gasteiger partial charge in [0.1, 0.15) is 4.90 Å². The number of carbonyl (C=O) groups excluding carboxylic acids is 3. The highest BCUT2D eigenvalue weighted by atomic mass is 32.2. The topological polar surface area (TPSA) is 124 Å². The SMILES string of the molecule is O=C(CCN1C(=O)c2ccccc2S1(=O)=O)Nc1ccccc1C(=O)[O-]. The Hall–Kier alpha value is -3.20. The van der Waals surface area contributed by atoms with Gasteiger partial charge in [-0.3, -0.25) is 9.59 Å². The molecule has 1 N–H and O–H groups in total. The standard InChI is InChI=1S/C17H14N2O6S/c20-15(18-13-7-3-1-5-11(13)17(22)23)9-10-19-16(21)12-6-2-4-8-14(12)26(19,24)25/h1-8H,9-10H2,(H,18,20)(H,22,23)/p-1. The van der Waals surface area contributed by atoms with Crippen molar-refractivity contribution in [1.29, 1.82) is 0 Å². The summed E-state index contributed by atoms with van der Waals surface area (Å²) in [5.74, 6) is -2.77. The van der Waals surface area contributed by atoms with Crippen molar-refractivity contribution in [3.63, 3.8) is 0 Å². The van der Waals surface area contributed by atoms with Gasteiger partial charge in [-0.2, -0.15) is 0 Å². The van der Waals surface area contributed by atoms with Crippen LogP contribution in [0.4, 0.5) is 5.69 Å². The van der Waals surface area contributed by atoms with Crippen molar-refractivity contribution in [1.82, 2.24) is 4.31 Å². The molecule has 1 aliphatic rings. The summed E-state index contributed by atoms with van der Waals surface area (Å²) in [5.41, 5.74) is -0.0928. The molecule has 2 amide bonds. The number of hydrogen-bond acceptors (Lipinski definition) is 6. The summed E-state index contributed by atoms with van der Waals surface area (Å²) in [7, 11) is -3.99. The first kappa shape index (κ1) is 17.6. The zero-order valence-electron chi connectivity index (χ0n) is 13.3. The number of para-hydroxylation sites is 1. The molecule has 26 heavy (non-hydrogen) atoms. The fourth-order valence-corrected chi connectivity index (χ4v) is 4.21. The summed E-state index contributed by atoms with van der Waals surface area (Å²) in [6, 6.07) is 11.5. The van der Waals surface area contributed by atoms with Crippen LogP contribution in [0.2, 0.25) is 0 Å². The number of hydrogen-bond donors (Lipinski definition) is 1. The molecule has 0 saturated heterocycles. The molecule has 3 rings (SSSR count). The maximum absolute atomic E-state index is 12.4. The van der Waals surface area contributed by atoms with Crippen LogP contribution < -0.4 is 10.4 Å². The Kier molecular flexibility index (Phi) is 4.47. The Bertz CT molecular complexity index is 1020. The number of amides is 2. The molecule has 0 bridgehead atoms. The number of carbonyl (C=O) groups is 3. The molecule has 2 aromatic rings. The third-order valence-corrected chi connectivity index (χ3v) is 5.72. The van der Waals surface area contributed by atoms with Gasteiger partial charge in [-0.25, -0.2) is 12.7 Å². The molecule has 0 fully saturated rings. The van der Waals surface area contributed by atoms with Gasteiger partial charge in [0.25, 0.3) is 15.9 Å². The molecule has 0 aliphatic carbocycles. The zero-order chi connectivity index (χ0) is 18.9. The molecule has 0 spiro atoms. The van der Waals surface area contributed by atoms with E-state index in [2.05, 4.69) is 5.32 Å². The van der Waals surface area contributed by atoms with Crippen LogP contribution in [0, 0.1) is 0 Å². The van der Waals surface area contributed by atoms with Crippen LogP contribution in [0.25, 0.3) is 0 Å².